The van der Waals surface area contributed by atoms with Gasteiger partial charge in [-0.3, -0.25) is 19.0 Å². The van der Waals surface area contributed by atoms with E-state index in [0.717, 1.165) is 50.5 Å². The minimum absolute atomic E-state index is 0.0113. The summed E-state index contributed by atoms with van der Waals surface area (Å²) in [5, 5.41) is 3.11. The van der Waals surface area contributed by atoms with Gasteiger partial charge in [-0.25, -0.2) is 4.98 Å². The number of nitrogens with one attached hydrogen (secondary N) is 1. The van der Waals surface area contributed by atoms with Gasteiger partial charge in [-0.1, -0.05) is 11.3 Å². The lowest BCUT2D eigenvalue weighted by atomic mass is 10.2. The van der Waals surface area contributed by atoms with E-state index in [1.807, 2.05) is 19.3 Å². The average molecular weight is 333 g/mol. The number of piperazine rings is 1. The first-order chi connectivity index (χ1) is 11.2. The molecule has 1 N–H and O–H groups in total. The van der Waals surface area contributed by atoms with E-state index in [9.17, 15) is 4.79 Å². The lowest BCUT2D eigenvalue weighted by molar-refractivity contribution is -0.126. The number of hydrogen-bond acceptors (Lipinski definition) is 5. The molecule has 1 aliphatic heterocycles. The van der Waals surface area contributed by atoms with Crippen molar-refractivity contribution in [1.29, 1.82) is 0 Å². The standard InChI is InChI=1S/C16H23N5OS/c1-12(15(22)18-13-2-3-13)20-8-6-19(7-9-20)10-14-11-21-5-4-17-16(21)23-14/h4-5,11-13H,2-3,6-10H2,1H3,(H,18,22). The molecule has 1 unspecified atom stereocenters. The van der Waals surface area contributed by atoms with Crippen molar-refractivity contribution in [3.63, 3.8) is 0 Å². The summed E-state index contributed by atoms with van der Waals surface area (Å²) in [5.41, 5.74) is 0. The summed E-state index contributed by atoms with van der Waals surface area (Å²) in [4.78, 5) is 23.7. The number of fused-ring (bicyclic) bond motifs is 1. The lowest BCUT2D eigenvalue weighted by Crippen LogP contribution is -2.53. The van der Waals surface area contributed by atoms with Crippen LogP contribution < -0.4 is 5.32 Å². The molecule has 124 valence electrons. The van der Waals surface area contributed by atoms with E-state index in [1.165, 1.54) is 4.88 Å². The van der Waals surface area contributed by atoms with Crippen LogP contribution in [0.1, 0.15) is 24.6 Å². The van der Waals surface area contributed by atoms with Crippen molar-refractivity contribution in [2.24, 2.45) is 0 Å². The number of imidazole rings is 1. The van der Waals surface area contributed by atoms with E-state index in [4.69, 9.17) is 0 Å². The molecule has 7 heteroatoms. The van der Waals surface area contributed by atoms with Crippen molar-refractivity contribution in [1.82, 2.24) is 24.5 Å². The van der Waals surface area contributed by atoms with Gasteiger partial charge in [0.15, 0.2) is 4.96 Å². The minimum Gasteiger partial charge on any atom is -0.352 e. The summed E-state index contributed by atoms with van der Waals surface area (Å²) >= 11 is 1.76. The van der Waals surface area contributed by atoms with Crippen LogP contribution in [0, 0.1) is 0 Å². The SMILES string of the molecule is CC(C(=O)NC1CC1)N1CCN(Cc2cn3ccnc3s2)CC1. The molecule has 0 bridgehead atoms. The number of amides is 1. The highest BCUT2D eigenvalue weighted by molar-refractivity contribution is 7.17. The van der Waals surface area contributed by atoms with Crippen LogP contribution in [-0.2, 0) is 11.3 Å². The van der Waals surface area contributed by atoms with Gasteiger partial charge >= 0.3 is 0 Å². The van der Waals surface area contributed by atoms with Crippen LogP contribution in [0.15, 0.2) is 18.6 Å². The molecule has 2 aromatic heterocycles. The fraction of sp³-hybridized carbons (Fsp3) is 0.625. The summed E-state index contributed by atoms with van der Waals surface area (Å²) < 4.78 is 2.08. The Labute approximate surface area is 140 Å². The normalized spacial score (nSPS) is 21.6. The van der Waals surface area contributed by atoms with E-state index in [0.29, 0.717) is 6.04 Å². The Morgan fingerprint density at radius 3 is 2.87 bits per heavy atom. The molecule has 2 aliphatic rings. The Balaban J connectivity index is 1.28. The highest BCUT2D eigenvalue weighted by Gasteiger charge is 2.30. The highest BCUT2D eigenvalue weighted by atomic mass is 32.1. The first kappa shape index (κ1) is 15.1. The molecule has 23 heavy (non-hydrogen) atoms. The van der Waals surface area contributed by atoms with Gasteiger partial charge in [-0.2, -0.15) is 0 Å². The molecule has 1 saturated carbocycles. The Kier molecular flexibility index (Phi) is 4.09. The number of carbonyl (C=O) groups is 1. The molecule has 4 rings (SSSR count). The molecule has 2 fully saturated rings. The monoisotopic (exact) mass is 333 g/mol. The predicted molar refractivity (Wildman–Crippen MR) is 90.5 cm³/mol. The van der Waals surface area contributed by atoms with Gasteiger partial charge in [-0.15, -0.1) is 0 Å². The topological polar surface area (TPSA) is 52.9 Å². The van der Waals surface area contributed by atoms with E-state index < -0.39 is 0 Å². The van der Waals surface area contributed by atoms with E-state index in [2.05, 4.69) is 30.7 Å². The Morgan fingerprint density at radius 1 is 1.39 bits per heavy atom. The van der Waals surface area contributed by atoms with Crippen molar-refractivity contribution in [2.75, 3.05) is 26.2 Å². The maximum absolute atomic E-state index is 12.2. The third-order valence-electron chi connectivity index (χ3n) is 4.78. The first-order valence-corrected chi connectivity index (χ1v) is 9.19. The third kappa shape index (κ3) is 3.41. The van der Waals surface area contributed by atoms with Gasteiger partial charge < -0.3 is 5.32 Å². The number of nitrogens with zero attached hydrogens (tertiary/aromatic N) is 4. The van der Waals surface area contributed by atoms with Gasteiger partial charge in [0.05, 0.1) is 6.04 Å². The zero-order chi connectivity index (χ0) is 15.8. The molecule has 2 aromatic rings. The van der Waals surface area contributed by atoms with Crippen LogP contribution in [0.5, 0.6) is 0 Å². The van der Waals surface area contributed by atoms with Crippen molar-refractivity contribution >= 4 is 22.2 Å². The molecule has 3 heterocycles. The summed E-state index contributed by atoms with van der Waals surface area (Å²) in [5.74, 6) is 0.195. The second kappa shape index (κ2) is 6.22. The molecule has 1 amide bonds. The quantitative estimate of drug-likeness (QED) is 0.893. The molecular weight excluding hydrogens is 310 g/mol. The second-order valence-corrected chi connectivity index (χ2v) is 7.68. The lowest BCUT2D eigenvalue weighted by Gasteiger charge is -2.37. The van der Waals surface area contributed by atoms with Crippen molar-refractivity contribution in [3.8, 4) is 0 Å². The van der Waals surface area contributed by atoms with E-state index in [-0.39, 0.29) is 11.9 Å². The number of hydrogen-bond donors (Lipinski definition) is 1. The zero-order valence-electron chi connectivity index (χ0n) is 13.4. The van der Waals surface area contributed by atoms with Crippen molar-refractivity contribution < 1.29 is 4.79 Å². The first-order valence-electron chi connectivity index (χ1n) is 8.37. The highest BCUT2D eigenvalue weighted by Crippen LogP contribution is 2.20. The molecule has 6 nitrogen and oxygen atoms in total. The Morgan fingerprint density at radius 2 is 2.17 bits per heavy atom. The van der Waals surface area contributed by atoms with Gasteiger partial charge in [-0.05, 0) is 19.8 Å². The van der Waals surface area contributed by atoms with Gasteiger partial charge in [0, 0.05) is 62.2 Å². The van der Waals surface area contributed by atoms with Crippen LogP contribution in [0.25, 0.3) is 4.96 Å². The van der Waals surface area contributed by atoms with Gasteiger partial charge in [0.1, 0.15) is 0 Å². The summed E-state index contributed by atoms with van der Waals surface area (Å²) in [6.45, 7) is 6.96. The average Bonchev–Trinajstić information content (AvgIpc) is 3.12. The molecule has 0 spiro atoms. The smallest absolute Gasteiger partial charge is 0.237 e. The zero-order valence-corrected chi connectivity index (χ0v) is 14.3. The number of rotatable bonds is 5. The summed E-state index contributed by atoms with van der Waals surface area (Å²) in [6.07, 6.45) is 8.30. The number of aromatic nitrogens is 2. The molecule has 1 aliphatic carbocycles. The van der Waals surface area contributed by atoms with Crippen molar-refractivity contribution in [2.45, 2.75) is 38.4 Å². The third-order valence-corrected chi connectivity index (χ3v) is 5.77. The molecule has 0 aromatic carbocycles. The number of thiazole rings is 1. The maximum atomic E-state index is 12.2. The van der Waals surface area contributed by atoms with Gasteiger partial charge in [0.25, 0.3) is 0 Å². The van der Waals surface area contributed by atoms with Crippen LogP contribution in [0.3, 0.4) is 0 Å². The van der Waals surface area contributed by atoms with Crippen LogP contribution in [0.4, 0.5) is 0 Å². The van der Waals surface area contributed by atoms with Crippen LogP contribution in [0.2, 0.25) is 0 Å². The van der Waals surface area contributed by atoms with Crippen LogP contribution in [-0.4, -0.2) is 63.4 Å². The minimum atomic E-state index is -0.0113. The Hall–Kier alpha value is -1.44. The predicted octanol–water partition coefficient (Wildman–Crippen LogP) is 1.18. The molecule has 1 saturated heterocycles. The molecule has 0 radical (unpaired) electrons. The molecular formula is C16H23N5OS. The van der Waals surface area contributed by atoms with Crippen molar-refractivity contribution in [3.05, 3.63) is 23.5 Å². The number of carbonyl (C=O) groups excluding carboxylic acids is 1. The van der Waals surface area contributed by atoms with Gasteiger partial charge in [0.2, 0.25) is 5.91 Å². The summed E-state index contributed by atoms with van der Waals surface area (Å²) in [7, 11) is 0. The van der Waals surface area contributed by atoms with Crippen LogP contribution >= 0.6 is 11.3 Å². The fourth-order valence-corrected chi connectivity index (χ4v) is 4.07. The second-order valence-electron chi connectivity index (χ2n) is 6.59. The summed E-state index contributed by atoms with van der Waals surface area (Å²) in [6, 6.07) is 0.437. The fourth-order valence-electron chi connectivity index (χ4n) is 3.09. The van der Waals surface area contributed by atoms with E-state index >= 15 is 0 Å². The Bertz CT molecular complexity index is 655. The molecule has 1 atom stereocenters. The maximum Gasteiger partial charge on any atom is 0.237 e. The van der Waals surface area contributed by atoms with E-state index in [1.54, 1.807) is 11.3 Å². The largest absolute Gasteiger partial charge is 0.352 e.